The van der Waals surface area contributed by atoms with Crippen molar-refractivity contribution in [3.8, 4) is 0 Å². The van der Waals surface area contributed by atoms with E-state index in [-0.39, 0.29) is 17.3 Å². The fourth-order valence-electron chi connectivity index (χ4n) is 3.31. The first-order chi connectivity index (χ1) is 14.0. The summed E-state index contributed by atoms with van der Waals surface area (Å²) in [4.78, 5) is 12.7. The Bertz CT molecular complexity index is 1200. The van der Waals surface area contributed by atoms with E-state index < -0.39 is 5.97 Å². The molecule has 0 saturated carbocycles. The molecule has 0 amide bonds. The molecule has 0 aliphatic rings. The van der Waals surface area contributed by atoms with Crippen molar-refractivity contribution in [2.45, 2.75) is 20.1 Å². The molecule has 4 aromatic rings. The third kappa shape index (κ3) is 4.00. The van der Waals surface area contributed by atoms with Crippen molar-refractivity contribution in [3.63, 3.8) is 0 Å². The lowest BCUT2D eigenvalue weighted by molar-refractivity contribution is 0.0473. The number of nitrogens with zero attached hydrogens (tertiary/aromatic N) is 2. The topological polar surface area (TPSA) is 44.1 Å². The number of hydrogen-bond donors (Lipinski definition) is 0. The van der Waals surface area contributed by atoms with Crippen LogP contribution in [0.3, 0.4) is 0 Å². The van der Waals surface area contributed by atoms with Gasteiger partial charge >= 0.3 is 5.97 Å². The minimum absolute atomic E-state index is 0.158. The average molecular weight is 425 g/mol. The highest BCUT2D eigenvalue weighted by Crippen LogP contribution is 2.25. The molecular weight excluding hydrogens is 407 g/mol. The molecule has 146 valence electrons. The zero-order valence-electron chi connectivity index (χ0n) is 15.7. The van der Waals surface area contributed by atoms with Gasteiger partial charge in [0.25, 0.3) is 0 Å². The molecule has 0 aliphatic heterocycles. The van der Waals surface area contributed by atoms with Crippen LogP contribution in [0.25, 0.3) is 10.8 Å². The average Bonchev–Trinajstić information content (AvgIpc) is 3.01. The summed E-state index contributed by atoms with van der Waals surface area (Å²) in [5.41, 5.74) is 2.60. The predicted octanol–water partition coefficient (Wildman–Crippen LogP) is 6.06. The summed E-state index contributed by atoms with van der Waals surface area (Å²) in [7, 11) is 0. The number of esters is 1. The van der Waals surface area contributed by atoms with Gasteiger partial charge in [0.05, 0.1) is 12.2 Å². The van der Waals surface area contributed by atoms with Crippen molar-refractivity contribution >= 4 is 39.9 Å². The summed E-state index contributed by atoms with van der Waals surface area (Å²) in [6.07, 6.45) is 0. The van der Waals surface area contributed by atoms with Gasteiger partial charge in [-0.3, -0.25) is 0 Å². The van der Waals surface area contributed by atoms with Crippen LogP contribution in [0, 0.1) is 6.92 Å². The maximum atomic E-state index is 12.7. The lowest BCUT2D eigenvalue weighted by atomic mass is 10.1. The van der Waals surface area contributed by atoms with E-state index in [0.717, 1.165) is 21.9 Å². The Kier molecular flexibility index (Phi) is 5.56. The zero-order chi connectivity index (χ0) is 20.4. The Balaban J connectivity index is 1.54. The Hall–Kier alpha value is -2.82. The Morgan fingerprint density at radius 2 is 1.66 bits per heavy atom. The van der Waals surface area contributed by atoms with Crippen molar-refractivity contribution < 1.29 is 9.53 Å². The normalized spacial score (nSPS) is 11.0. The van der Waals surface area contributed by atoms with Crippen LogP contribution < -0.4 is 0 Å². The van der Waals surface area contributed by atoms with E-state index in [1.165, 1.54) is 0 Å². The van der Waals surface area contributed by atoms with Gasteiger partial charge in [0, 0.05) is 5.02 Å². The number of fused-ring (bicyclic) bond motifs is 1. The van der Waals surface area contributed by atoms with Crippen molar-refractivity contribution in [1.82, 2.24) is 9.78 Å². The molecule has 3 aromatic carbocycles. The third-order valence-corrected chi connectivity index (χ3v) is 5.54. The highest BCUT2D eigenvalue weighted by Gasteiger charge is 2.22. The second-order valence-electron chi connectivity index (χ2n) is 6.71. The first kappa shape index (κ1) is 19.5. The third-order valence-electron chi connectivity index (χ3n) is 4.79. The summed E-state index contributed by atoms with van der Waals surface area (Å²) in [5.74, 6) is -0.495. The van der Waals surface area contributed by atoms with Crippen molar-refractivity contribution in [2.75, 3.05) is 0 Å². The molecule has 29 heavy (non-hydrogen) atoms. The van der Waals surface area contributed by atoms with Crippen molar-refractivity contribution in [1.29, 1.82) is 0 Å². The molecule has 0 fully saturated rings. The van der Waals surface area contributed by atoms with Gasteiger partial charge in [-0.2, -0.15) is 5.10 Å². The number of aromatic nitrogens is 2. The molecular formula is C23H18Cl2N2O2. The molecule has 0 aliphatic carbocycles. The van der Waals surface area contributed by atoms with Crippen LogP contribution in [0.15, 0.2) is 66.7 Å². The van der Waals surface area contributed by atoms with Gasteiger partial charge in [0.1, 0.15) is 17.3 Å². The van der Waals surface area contributed by atoms with E-state index in [1.54, 1.807) is 17.7 Å². The summed E-state index contributed by atoms with van der Waals surface area (Å²) in [6.45, 7) is 2.27. The molecule has 6 heteroatoms. The fraction of sp³-hybridized carbons (Fsp3) is 0.130. The molecule has 0 atom stereocenters. The minimum Gasteiger partial charge on any atom is -0.457 e. The van der Waals surface area contributed by atoms with Crippen LogP contribution in [-0.2, 0) is 17.9 Å². The fourth-order valence-corrected chi connectivity index (χ4v) is 3.82. The van der Waals surface area contributed by atoms with E-state index in [4.69, 9.17) is 27.9 Å². The standard InChI is InChI=1S/C23H18Cl2N2O2/c1-15-21(22(25)27(26-15)13-17-8-3-5-12-20(17)24)23(28)29-14-18-10-6-9-16-7-2-4-11-19(16)18/h2-12H,13-14H2,1H3. The Labute approximate surface area is 178 Å². The van der Waals surface area contributed by atoms with Crippen LogP contribution in [0.4, 0.5) is 0 Å². The lowest BCUT2D eigenvalue weighted by Gasteiger charge is -2.08. The molecule has 1 aromatic heterocycles. The number of ether oxygens (including phenoxy) is 1. The van der Waals surface area contributed by atoms with Crippen molar-refractivity contribution in [3.05, 3.63) is 99.3 Å². The Morgan fingerprint density at radius 3 is 2.48 bits per heavy atom. The minimum atomic E-state index is -0.495. The zero-order valence-corrected chi connectivity index (χ0v) is 17.2. The number of benzene rings is 3. The smallest absolute Gasteiger partial charge is 0.343 e. The summed E-state index contributed by atoms with van der Waals surface area (Å²) >= 11 is 12.7. The Morgan fingerprint density at radius 1 is 0.966 bits per heavy atom. The van der Waals surface area contributed by atoms with E-state index in [9.17, 15) is 4.79 Å². The van der Waals surface area contributed by atoms with Crippen LogP contribution >= 0.6 is 23.2 Å². The molecule has 0 spiro atoms. The molecule has 0 saturated heterocycles. The second kappa shape index (κ2) is 8.27. The first-order valence-corrected chi connectivity index (χ1v) is 9.90. The van der Waals surface area contributed by atoms with E-state index >= 15 is 0 Å². The lowest BCUT2D eigenvalue weighted by Crippen LogP contribution is -2.07. The number of aryl methyl sites for hydroxylation is 1. The number of halogens is 2. The highest BCUT2D eigenvalue weighted by atomic mass is 35.5. The molecule has 1 heterocycles. The molecule has 0 bridgehead atoms. The summed E-state index contributed by atoms with van der Waals surface area (Å²) in [5, 5.41) is 7.42. The first-order valence-electron chi connectivity index (χ1n) is 9.14. The second-order valence-corrected chi connectivity index (χ2v) is 7.48. The van der Waals surface area contributed by atoms with Gasteiger partial charge < -0.3 is 4.74 Å². The number of hydrogen-bond acceptors (Lipinski definition) is 3. The molecule has 4 rings (SSSR count). The maximum Gasteiger partial charge on any atom is 0.343 e. The maximum absolute atomic E-state index is 12.7. The van der Waals surface area contributed by atoms with Gasteiger partial charge in [0.2, 0.25) is 0 Å². The number of carbonyl (C=O) groups excluding carboxylic acids is 1. The number of carbonyl (C=O) groups is 1. The van der Waals surface area contributed by atoms with Gasteiger partial charge in [-0.25, -0.2) is 9.48 Å². The van der Waals surface area contributed by atoms with Crippen LogP contribution in [0.2, 0.25) is 10.2 Å². The largest absolute Gasteiger partial charge is 0.457 e. The summed E-state index contributed by atoms with van der Waals surface area (Å²) < 4.78 is 7.13. The summed E-state index contributed by atoms with van der Waals surface area (Å²) in [6, 6.07) is 21.4. The monoisotopic (exact) mass is 424 g/mol. The number of rotatable bonds is 5. The van der Waals surface area contributed by atoms with Crippen LogP contribution in [-0.4, -0.2) is 15.7 Å². The van der Waals surface area contributed by atoms with Crippen LogP contribution in [0.1, 0.15) is 27.2 Å². The molecule has 0 radical (unpaired) electrons. The molecule has 4 nitrogen and oxygen atoms in total. The van der Waals surface area contributed by atoms with Gasteiger partial charge in [-0.05, 0) is 34.9 Å². The van der Waals surface area contributed by atoms with Gasteiger partial charge in [-0.1, -0.05) is 83.9 Å². The van der Waals surface area contributed by atoms with E-state index in [1.807, 2.05) is 60.7 Å². The predicted molar refractivity (Wildman–Crippen MR) is 116 cm³/mol. The van der Waals surface area contributed by atoms with Gasteiger partial charge in [-0.15, -0.1) is 0 Å². The molecule has 0 N–H and O–H groups in total. The van der Waals surface area contributed by atoms with Crippen LogP contribution in [0.5, 0.6) is 0 Å². The quantitative estimate of drug-likeness (QED) is 0.365. The molecule has 0 unspecified atom stereocenters. The SMILES string of the molecule is Cc1nn(Cc2ccccc2Cl)c(Cl)c1C(=O)OCc1cccc2ccccc12. The van der Waals surface area contributed by atoms with E-state index in [0.29, 0.717) is 17.3 Å². The van der Waals surface area contributed by atoms with E-state index in [2.05, 4.69) is 5.10 Å². The van der Waals surface area contributed by atoms with Crippen molar-refractivity contribution in [2.24, 2.45) is 0 Å². The highest BCUT2D eigenvalue weighted by molar-refractivity contribution is 6.33. The van der Waals surface area contributed by atoms with Gasteiger partial charge in [0.15, 0.2) is 0 Å².